The molecular formula is C10H19NO2. The summed E-state index contributed by atoms with van der Waals surface area (Å²) in [5.41, 5.74) is 1.43. The first-order valence-corrected chi connectivity index (χ1v) is 4.41. The Bertz CT molecular complexity index is 219. The molecule has 0 aromatic carbocycles. The van der Waals surface area contributed by atoms with Crippen LogP contribution in [-0.4, -0.2) is 36.6 Å². The molecule has 0 amide bonds. The van der Waals surface area contributed by atoms with Crippen molar-refractivity contribution in [2.24, 2.45) is 5.92 Å². The van der Waals surface area contributed by atoms with Crippen LogP contribution in [0.25, 0.3) is 0 Å². The first-order chi connectivity index (χ1) is 5.86. The van der Waals surface area contributed by atoms with Gasteiger partial charge < -0.3 is 10.0 Å². The Morgan fingerprint density at radius 3 is 2.15 bits per heavy atom. The normalized spacial score (nSPS) is 15.5. The number of aliphatic carboxylic acids is 1. The van der Waals surface area contributed by atoms with E-state index in [4.69, 9.17) is 5.11 Å². The van der Waals surface area contributed by atoms with Crippen LogP contribution in [0.15, 0.2) is 11.1 Å². The van der Waals surface area contributed by atoms with Gasteiger partial charge in [-0.2, -0.15) is 0 Å². The van der Waals surface area contributed by atoms with Gasteiger partial charge in [0.15, 0.2) is 0 Å². The second-order valence-corrected chi connectivity index (χ2v) is 3.78. The molecule has 0 fully saturated rings. The SMILES string of the molecule is CC(C(=O)O)=C(C)C(C)CN(C)C. The minimum atomic E-state index is -0.817. The molecular weight excluding hydrogens is 166 g/mol. The first-order valence-electron chi connectivity index (χ1n) is 4.41. The first kappa shape index (κ1) is 12.2. The van der Waals surface area contributed by atoms with Gasteiger partial charge in [-0.15, -0.1) is 0 Å². The highest BCUT2D eigenvalue weighted by Gasteiger charge is 2.12. The summed E-state index contributed by atoms with van der Waals surface area (Å²) in [6, 6.07) is 0. The quantitative estimate of drug-likeness (QED) is 0.676. The monoisotopic (exact) mass is 185 g/mol. The highest BCUT2D eigenvalue weighted by molar-refractivity contribution is 5.86. The van der Waals surface area contributed by atoms with E-state index in [1.54, 1.807) is 6.92 Å². The second-order valence-electron chi connectivity index (χ2n) is 3.78. The summed E-state index contributed by atoms with van der Waals surface area (Å²) in [5, 5.41) is 8.76. The summed E-state index contributed by atoms with van der Waals surface area (Å²) in [6.07, 6.45) is 0. The van der Waals surface area contributed by atoms with E-state index in [2.05, 4.69) is 4.90 Å². The fourth-order valence-corrected chi connectivity index (χ4v) is 1.22. The minimum absolute atomic E-state index is 0.297. The highest BCUT2D eigenvalue weighted by Crippen LogP contribution is 2.15. The second kappa shape index (κ2) is 5.02. The molecule has 13 heavy (non-hydrogen) atoms. The average Bonchev–Trinajstić information content (AvgIpc) is 2.00. The van der Waals surface area contributed by atoms with Crippen LogP contribution < -0.4 is 0 Å². The van der Waals surface area contributed by atoms with Crippen molar-refractivity contribution < 1.29 is 9.90 Å². The lowest BCUT2D eigenvalue weighted by Crippen LogP contribution is -2.21. The van der Waals surface area contributed by atoms with E-state index in [0.29, 0.717) is 11.5 Å². The Kier molecular flexibility index (Phi) is 4.70. The van der Waals surface area contributed by atoms with Crippen molar-refractivity contribution in [3.05, 3.63) is 11.1 Å². The van der Waals surface area contributed by atoms with E-state index in [1.807, 2.05) is 27.9 Å². The van der Waals surface area contributed by atoms with Gasteiger partial charge in [0.1, 0.15) is 0 Å². The molecule has 0 saturated carbocycles. The maximum absolute atomic E-state index is 10.7. The third-order valence-corrected chi connectivity index (χ3v) is 2.29. The predicted octanol–water partition coefficient (Wildman–Crippen LogP) is 1.61. The van der Waals surface area contributed by atoms with Crippen molar-refractivity contribution in [1.29, 1.82) is 0 Å². The van der Waals surface area contributed by atoms with Gasteiger partial charge in [-0.3, -0.25) is 0 Å². The van der Waals surface area contributed by atoms with Crippen LogP contribution in [0.5, 0.6) is 0 Å². The van der Waals surface area contributed by atoms with Crippen molar-refractivity contribution in [1.82, 2.24) is 4.90 Å². The van der Waals surface area contributed by atoms with Crippen LogP contribution in [0.3, 0.4) is 0 Å². The lowest BCUT2D eigenvalue weighted by molar-refractivity contribution is -0.132. The molecule has 0 aliphatic heterocycles. The maximum Gasteiger partial charge on any atom is 0.331 e. The van der Waals surface area contributed by atoms with Gasteiger partial charge in [-0.25, -0.2) is 4.79 Å². The van der Waals surface area contributed by atoms with Gasteiger partial charge in [-0.1, -0.05) is 12.5 Å². The Morgan fingerprint density at radius 2 is 1.85 bits per heavy atom. The number of hydrogen-bond donors (Lipinski definition) is 1. The Labute approximate surface area is 80.0 Å². The largest absolute Gasteiger partial charge is 0.478 e. The summed E-state index contributed by atoms with van der Waals surface area (Å²) in [7, 11) is 3.97. The zero-order chi connectivity index (χ0) is 10.6. The number of nitrogens with zero attached hydrogens (tertiary/aromatic N) is 1. The summed E-state index contributed by atoms with van der Waals surface area (Å²) in [4.78, 5) is 12.7. The van der Waals surface area contributed by atoms with Gasteiger partial charge in [0.2, 0.25) is 0 Å². The summed E-state index contributed by atoms with van der Waals surface area (Å²) < 4.78 is 0. The lowest BCUT2D eigenvalue weighted by atomic mass is 9.97. The average molecular weight is 185 g/mol. The molecule has 0 aliphatic carbocycles. The van der Waals surface area contributed by atoms with Gasteiger partial charge in [0, 0.05) is 12.1 Å². The summed E-state index contributed by atoms with van der Waals surface area (Å²) >= 11 is 0. The number of carboxylic acid groups (broad SMARTS) is 1. The van der Waals surface area contributed by atoms with Crippen LogP contribution >= 0.6 is 0 Å². The zero-order valence-electron chi connectivity index (χ0n) is 9.09. The molecule has 76 valence electrons. The standard InChI is InChI=1S/C10H19NO2/c1-7(6-11(4)5)8(2)9(3)10(12)13/h7H,6H2,1-5H3,(H,12,13). The van der Waals surface area contributed by atoms with Crippen molar-refractivity contribution in [3.63, 3.8) is 0 Å². The number of carboxylic acids is 1. The Morgan fingerprint density at radius 1 is 1.38 bits per heavy atom. The predicted molar refractivity (Wildman–Crippen MR) is 53.7 cm³/mol. The van der Waals surface area contributed by atoms with Crippen LogP contribution in [0.1, 0.15) is 20.8 Å². The van der Waals surface area contributed by atoms with Gasteiger partial charge >= 0.3 is 5.97 Å². The van der Waals surface area contributed by atoms with Crippen molar-refractivity contribution >= 4 is 5.97 Å². The lowest BCUT2D eigenvalue weighted by Gasteiger charge is -2.18. The molecule has 0 radical (unpaired) electrons. The smallest absolute Gasteiger partial charge is 0.331 e. The Balaban J connectivity index is 4.48. The number of carbonyl (C=O) groups is 1. The Hall–Kier alpha value is -0.830. The highest BCUT2D eigenvalue weighted by atomic mass is 16.4. The van der Waals surface area contributed by atoms with Crippen molar-refractivity contribution in [2.75, 3.05) is 20.6 Å². The van der Waals surface area contributed by atoms with Crippen LogP contribution in [-0.2, 0) is 4.79 Å². The minimum Gasteiger partial charge on any atom is -0.478 e. The summed E-state index contributed by atoms with van der Waals surface area (Å²) in [6.45, 7) is 6.47. The third-order valence-electron chi connectivity index (χ3n) is 2.29. The molecule has 0 saturated heterocycles. The van der Waals surface area contributed by atoms with Crippen LogP contribution in [0, 0.1) is 5.92 Å². The van der Waals surface area contributed by atoms with Crippen molar-refractivity contribution in [3.8, 4) is 0 Å². The van der Waals surface area contributed by atoms with Crippen LogP contribution in [0.2, 0.25) is 0 Å². The maximum atomic E-state index is 10.7. The molecule has 0 aromatic rings. The third kappa shape index (κ3) is 4.08. The topological polar surface area (TPSA) is 40.5 Å². The van der Waals surface area contributed by atoms with E-state index >= 15 is 0 Å². The summed E-state index contributed by atoms with van der Waals surface area (Å²) in [5.74, 6) is -0.519. The molecule has 3 heteroatoms. The number of hydrogen-bond acceptors (Lipinski definition) is 2. The molecule has 1 N–H and O–H groups in total. The van der Waals surface area contributed by atoms with E-state index < -0.39 is 5.97 Å². The molecule has 1 atom stereocenters. The van der Waals surface area contributed by atoms with E-state index in [0.717, 1.165) is 12.1 Å². The fourth-order valence-electron chi connectivity index (χ4n) is 1.22. The van der Waals surface area contributed by atoms with E-state index in [1.165, 1.54) is 0 Å². The van der Waals surface area contributed by atoms with E-state index in [9.17, 15) is 4.79 Å². The van der Waals surface area contributed by atoms with Gasteiger partial charge in [0.05, 0.1) is 0 Å². The molecule has 0 aliphatic rings. The number of rotatable bonds is 4. The van der Waals surface area contributed by atoms with Crippen LogP contribution in [0.4, 0.5) is 0 Å². The zero-order valence-corrected chi connectivity index (χ0v) is 9.09. The molecule has 0 bridgehead atoms. The van der Waals surface area contributed by atoms with Gasteiger partial charge in [0.25, 0.3) is 0 Å². The molecule has 3 nitrogen and oxygen atoms in total. The van der Waals surface area contributed by atoms with Gasteiger partial charge in [-0.05, 0) is 33.9 Å². The molecule has 0 heterocycles. The fraction of sp³-hybridized carbons (Fsp3) is 0.700. The molecule has 0 spiro atoms. The molecule has 0 aromatic heterocycles. The van der Waals surface area contributed by atoms with E-state index in [-0.39, 0.29) is 0 Å². The van der Waals surface area contributed by atoms with Crippen molar-refractivity contribution in [2.45, 2.75) is 20.8 Å². The molecule has 0 rings (SSSR count). The molecule has 1 unspecified atom stereocenters.